The van der Waals surface area contributed by atoms with Crippen molar-refractivity contribution in [2.45, 2.75) is 46.1 Å². The number of amides is 1. The van der Waals surface area contributed by atoms with Crippen molar-refractivity contribution in [2.75, 3.05) is 13.1 Å². The summed E-state index contributed by atoms with van der Waals surface area (Å²) in [5, 5.41) is 4.34. The third-order valence-corrected chi connectivity index (χ3v) is 3.31. The van der Waals surface area contributed by atoms with E-state index in [0.29, 0.717) is 0 Å². The molecular formula is C13H21N3O. The Morgan fingerprint density at radius 3 is 2.53 bits per heavy atom. The normalized spacial score (nSPS) is 16.9. The van der Waals surface area contributed by atoms with Crippen LogP contribution in [0, 0.1) is 6.92 Å². The predicted octanol–water partition coefficient (Wildman–Crippen LogP) is 2.23. The summed E-state index contributed by atoms with van der Waals surface area (Å²) in [6.45, 7) is 6.50. The zero-order valence-corrected chi connectivity index (χ0v) is 10.8. The van der Waals surface area contributed by atoms with Crippen molar-refractivity contribution in [3.63, 3.8) is 0 Å². The summed E-state index contributed by atoms with van der Waals surface area (Å²) in [5.41, 5.74) is 1.66. The first-order valence-corrected chi connectivity index (χ1v) is 6.56. The zero-order valence-electron chi connectivity index (χ0n) is 10.8. The highest BCUT2D eigenvalue weighted by molar-refractivity contribution is 5.92. The fourth-order valence-electron chi connectivity index (χ4n) is 2.39. The van der Waals surface area contributed by atoms with Crippen molar-refractivity contribution >= 4 is 5.91 Å². The van der Waals surface area contributed by atoms with Gasteiger partial charge in [-0.2, -0.15) is 5.10 Å². The van der Waals surface area contributed by atoms with Crippen LogP contribution in [0.15, 0.2) is 6.07 Å². The summed E-state index contributed by atoms with van der Waals surface area (Å²) in [7, 11) is 0. The number of hydrogen-bond donors (Lipinski definition) is 0. The molecule has 0 unspecified atom stereocenters. The molecule has 1 aliphatic heterocycles. The third kappa shape index (κ3) is 2.68. The summed E-state index contributed by atoms with van der Waals surface area (Å²) in [6, 6.07) is 1.90. The number of carbonyl (C=O) groups excluding carboxylic acids is 1. The molecule has 4 heteroatoms. The Morgan fingerprint density at radius 2 is 1.94 bits per heavy atom. The number of hydrogen-bond acceptors (Lipinski definition) is 2. The zero-order chi connectivity index (χ0) is 12.3. The van der Waals surface area contributed by atoms with Gasteiger partial charge in [-0.1, -0.05) is 12.8 Å². The van der Waals surface area contributed by atoms with E-state index in [1.54, 1.807) is 0 Å². The Hall–Kier alpha value is -1.32. The van der Waals surface area contributed by atoms with Gasteiger partial charge in [-0.15, -0.1) is 0 Å². The average molecular weight is 235 g/mol. The first kappa shape index (κ1) is 12.1. The van der Waals surface area contributed by atoms with E-state index in [4.69, 9.17) is 0 Å². The topological polar surface area (TPSA) is 38.1 Å². The first-order chi connectivity index (χ1) is 8.22. The van der Waals surface area contributed by atoms with Crippen molar-refractivity contribution in [3.05, 3.63) is 17.5 Å². The van der Waals surface area contributed by atoms with Crippen LogP contribution in [0.5, 0.6) is 0 Å². The smallest absolute Gasteiger partial charge is 0.272 e. The highest BCUT2D eigenvalue weighted by Crippen LogP contribution is 2.14. The number of carbonyl (C=O) groups is 1. The molecule has 17 heavy (non-hydrogen) atoms. The molecule has 0 aliphatic carbocycles. The molecule has 1 fully saturated rings. The second-order valence-corrected chi connectivity index (χ2v) is 4.69. The van der Waals surface area contributed by atoms with Crippen molar-refractivity contribution in [2.24, 2.45) is 0 Å². The van der Waals surface area contributed by atoms with Crippen molar-refractivity contribution in [1.82, 2.24) is 14.7 Å². The molecule has 1 saturated heterocycles. The van der Waals surface area contributed by atoms with Crippen LogP contribution in [-0.2, 0) is 6.54 Å². The van der Waals surface area contributed by atoms with E-state index in [1.165, 1.54) is 12.8 Å². The Kier molecular flexibility index (Phi) is 3.82. The fourth-order valence-corrected chi connectivity index (χ4v) is 2.39. The lowest BCUT2D eigenvalue weighted by molar-refractivity contribution is 0.0749. The van der Waals surface area contributed by atoms with Gasteiger partial charge in [0.25, 0.3) is 5.91 Å². The quantitative estimate of drug-likeness (QED) is 0.788. The van der Waals surface area contributed by atoms with Gasteiger partial charge in [0.1, 0.15) is 5.69 Å². The molecule has 0 spiro atoms. The van der Waals surface area contributed by atoms with E-state index in [9.17, 15) is 4.79 Å². The number of likely N-dealkylation sites (tertiary alicyclic amines) is 1. The molecule has 1 aromatic heterocycles. The number of aryl methyl sites for hydroxylation is 2. The van der Waals surface area contributed by atoms with Gasteiger partial charge in [0, 0.05) is 19.6 Å². The monoisotopic (exact) mass is 235 g/mol. The van der Waals surface area contributed by atoms with Gasteiger partial charge >= 0.3 is 0 Å². The highest BCUT2D eigenvalue weighted by atomic mass is 16.2. The lowest BCUT2D eigenvalue weighted by atomic mass is 10.2. The van der Waals surface area contributed by atoms with E-state index in [2.05, 4.69) is 5.10 Å². The maximum absolute atomic E-state index is 12.4. The molecule has 0 atom stereocenters. The number of nitrogens with zero attached hydrogens (tertiary/aromatic N) is 3. The van der Waals surface area contributed by atoms with E-state index in [0.717, 1.165) is 43.9 Å². The number of rotatable bonds is 2. The summed E-state index contributed by atoms with van der Waals surface area (Å²) in [4.78, 5) is 14.4. The molecule has 0 radical (unpaired) electrons. The van der Waals surface area contributed by atoms with E-state index >= 15 is 0 Å². The van der Waals surface area contributed by atoms with Crippen LogP contribution in [0.1, 0.15) is 48.8 Å². The van der Waals surface area contributed by atoms with Crippen LogP contribution in [-0.4, -0.2) is 33.7 Å². The molecule has 94 valence electrons. The Bertz CT molecular complexity index is 389. The molecule has 2 heterocycles. The summed E-state index contributed by atoms with van der Waals surface area (Å²) >= 11 is 0. The molecular weight excluding hydrogens is 214 g/mol. The van der Waals surface area contributed by atoms with Gasteiger partial charge in [0.15, 0.2) is 0 Å². The molecule has 1 amide bonds. The molecule has 2 rings (SSSR count). The molecule has 4 nitrogen and oxygen atoms in total. The van der Waals surface area contributed by atoms with E-state index in [1.807, 2.05) is 29.5 Å². The molecule has 1 aliphatic rings. The first-order valence-electron chi connectivity index (χ1n) is 6.56. The summed E-state index contributed by atoms with van der Waals surface area (Å²) in [6.07, 6.45) is 4.75. The fraction of sp³-hybridized carbons (Fsp3) is 0.692. The molecule has 0 saturated carbocycles. The Balaban J connectivity index is 2.17. The third-order valence-electron chi connectivity index (χ3n) is 3.31. The van der Waals surface area contributed by atoms with Gasteiger partial charge in [0.2, 0.25) is 0 Å². The SMILES string of the molecule is CCn1nc(C)cc1C(=O)N1CCCCCC1. The van der Waals surface area contributed by atoms with Gasteiger partial charge in [0.05, 0.1) is 5.69 Å². The molecule has 0 N–H and O–H groups in total. The van der Waals surface area contributed by atoms with Crippen molar-refractivity contribution in [3.8, 4) is 0 Å². The summed E-state index contributed by atoms with van der Waals surface area (Å²) in [5.74, 6) is 0.148. The minimum atomic E-state index is 0.148. The molecule has 1 aromatic rings. The van der Waals surface area contributed by atoms with Crippen LogP contribution in [0.3, 0.4) is 0 Å². The maximum Gasteiger partial charge on any atom is 0.272 e. The minimum Gasteiger partial charge on any atom is -0.337 e. The van der Waals surface area contributed by atoms with Crippen LogP contribution in [0.4, 0.5) is 0 Å². The van der Waals surface area contributed by atoms with Crippen molar-refractivity contribution in [1.29, 1.82) is 0 Å². The van der Waals surface area contributed by atoms with Crippen molar-refractivity contribution < 1.29 is 4.79 Å². The Morgan fingerprint density at radius 1 is 1.29 bits per heavy atom. The number of aromatic nitrogens is 2. The molecule has 0 aromatic carbocycles. The highest BCUT2D eigenvalue weighted by Gasteiger charge is 2.20. The Labute approximate surface area is 103 Å². The van der Waals surface area contributed by atoms with E-state index in [-0.39, 0.29) is 5.91 Å². The van der Waals surface area contributed by atoms with Crippen LogP contribution in [0.25, 0.3) is 0 Å². The second-order valence-electron chi connectivity index (χ2n) is 4.69. The van der Waals surface area contributed by atoms with Crippen LogP contribution >= 0.6 is 0 Å². The van der Waals surface area contributed by atoms with Crippen LogP contribution < -0.4 is 0 Å². The summed E-state index contributed by atoms with van der Waals surface area (Å²) < 4.78 is 1.81. The van der Waals surface area contributed by atoms with Crippen LogP contribution in [0.2, 0.25) is 0 Å². The predicted molar refractivity (Wildman–Crippen MR) is 67.0 cm³/mol. The standard InChI is InChI=1S/C13H21N3O/c1-3-16-12(10-11(2)14-16)13(17)15-8-6-4-5-7-9-15/h10H,3-9H2,1-2H3. The van der Waals surface area contributed by atoms with E-state index < -0.39 is 0 Å². The lowest BCUT2D eigenvalue weighted by Crippen LogP contribution is -2.33. The molecule has 0 bridgehead atoms. The average Bonchev–Trinajstić information content (AvgIpc) is 2.55. The van der Waals surface area contributed by atoms with Gasteiger partial charge in [-0.3, -0.25) is 9.48 Å². The van der Waals surface area contributed by atoms with Gasteiger partial charge < -0.3 is 4.90 Å². The lowest BCUT2D eigenvalue weighted by Gasteiger charge is -2.20. The largest absolute Gasteiger partial charge is 0.337 e. The van der Waals surface area contributed by atoms with Gasteiger partial charge in [-0.25, -0.2) is 0 Å². The second kappa shape index (κ2) is 5.34. The minimum absolute atomic E-state index is 0.148. The van der Waals surface area contributed by atoms with Gasteiger partial charge in [-0.05, 0) is 32.8 Å². The maximum atomic E-state index is 12.4.